The Morgan fingerprint density at radius 2 is 1.92 bits per heavy atom. The van der Waals surface area contributed by atoms with Gasteiger partial charge in [0.1, 0.15) is 6.54 Å². The van der Waals surface area contributed by atoms with Crippen molar-refractivity contribution in [2.24, 2.45) is 0 Å². The van der Waals surface area contributed by atoms with Crippen molar-refractivity contribution in [3.63, 3.8) is 0 Å². The largest absolute Gasteiger partial charge is 0.307 e. The number of amides is 1. The van der Waals surface area contributed by atoms with Crippen LogP contribution in [0.15, 0.2) is 41.1 Å². The summed E-state index contributed by atoms with van der Waals surface area (Å²) in [4.78, 5) is 12.2. The third-order valence-electron chi connectivity index (χ3n) is 3.46. The van der Waals surface area contributed by atoms with E-state index in [-0.39, 0.29) is 12.5 Å². The van der Waals surface area contributed by atoms with E-state index in [1.807, 2.05) is 24.3 Å². The van der Waals surface area contributed by atoms with Crippen LogP contribution in [-0.4, -0.2) is 25.5 Å². The first-order valence-corrected chi connectivity index (χ1v) is 8.93. The van der Waals surface area contributed by atoms with E-state index in [0.717, 1.165) is 5.56 Å². The molecule has 6 nitrogen and oxygen atoms in total. The van der Waals surface area contributed by atoms with Crippen LogP contribution in [0.4, 0.5) is 5.82 Å². The highest BCUT2D eigenvalue weighted by Crippen LogP contribution is 2.22. The topological polar surface area (TPSA) is 64.7 Å². The molecule has 3 rings (SSSR count). The Bertz CT molecular complexity index is 902. The predicted molar refractivity (Wildman–Crippen MR) is 101 cm³/mol. The zero-order valence-electron chi connectivity index (χ0n) is 13.2. The van der Waals surface area contributed by atoms with Gasteiger partial charge in [-0.05, 0) is 34.5 Å². The molecule has 0 spiro atoms. The summed E-state index contributed by atoms with van der Waals surface area (Å²) in [6.45, 7) is 2.34. The molecule has 0 fully saturated rings. The minimum atomic E-state index is -0.247. The monoisotopic (exact) mass is 441 g/mol. The van der Waals surface area contributed by atoms with Gasteiger partial charge in [-0.15, -0.1) is 0 Å². The molecule has 1 N–H and O–H groups in total. The zero-order valence-corrected chi connectivity index (χ0v) is 16.3. The van der Waals surface area contributed by atoms with Gasteiger partial charge in [0.15, 0.2) is 5.82 Å². The number of nitrogens with zero attached hydrogens (tertiary/aromatic N) is 4. The third kappa shape index (κ3) is 4.42. The van der Waals surface area contributed by atoms with Gasteiger partial charge in [0.25, 0.3) is 0 Å². The van der Waals surface area contributed by atoms with Gasteiger partial charge in [0, 0.05) is 17.4 Å². The Balaban J connectivity index is 1.68. The molecule has 0 aliphatic carbocycles. The van der Waals surface area contributed by atoms with Crippen molar-refractivity contribution in [1.29, 1.82) is 0 Å². The molecule has 0 saturated heterocycles. The Labute approximate surface area is 162 Å². The quantitative estimate of drug-likeness (QED) is 0.645. The average molecular weight is 443 g/mol. The van der Waals surface area contributed by atoms with Crippen molar-refractivity contribution >= 4 is 50.9 Å². The molecular formula is C16H14BrCl2N5O. The van der Waals surface area contributed by atoms with E-state index in [4.69, 9.17) is 23.2 Å². The van der Waals surface area contributed by atoms with Crippen molar-refractivity contribution < 1.29 is 4.79 Å². The van der Waals surface area contributed by atoms with Gasteiger partial charge in [0.05, 0.1) is 21.7 Å². The van der Waals surface area contributed by atoms with Crippen LogP contribution in [0.3, 0.4) is 0 Å². The van der Waals surface area contributed by atoms with E-state index in [9.17, 15) is 4.79 Å². The van der Waals surface area contributed by atoms with E-state index in [1.54, 1.807) is 24.0 Å². The standard InChI is InChI=1S/C16H14BrCl2N5O/c1-10-14(19)8-24(21-10)9-15(25)20-16-12(17)7-23(22-16)6-11-4-2-3-5-13(11)18/h2-5,7-8H,6,9H2,1H3,(H,20,22,25). The van der Waals surface area contributed by atoms with Crippen LogP contribution in [0, 0.1) is 6.92 Å². The van der Waals surface area contributed by atoms with E-state index in [1.165, 1.54) is 4.68 Å². The molecule has 0 bridgehead atoms. The van der Waals surface area contributed by atoms with Crippen molar-refractivity contribution in [1.82, 2.24) is 19.6 Å². The van der Waals surface area contributed by atoms with Crippen LogP contribution < -0.4 is 5.32 Å². The Kier molecular flexibility index (Phi) is 5.46. The number of carbonyl (C=O) groups is 1. The molecule has 0 atom stereocenters. The van der Waals surface area contributed by atoms with Crippen molar-refractivity contribution in [3.05, 3.63) is 62.4 Å². The molecule has 0 unspecified atom stereocenters. The summed E-state index contributed by atoms with van der Waals surface area (Å²) in [7, 11) is 0. The summed E-state index contributed by atoms with van der Waals surface area (Å²) in [6.07, 6.45) is 3.40. The molecule has 2 heterocycles. The van der Waals surface area contributed by atoms with Gasteiger partial charge in [-0.1, -0.05) is 41.4 Å². The Morgan fingerprint density at radius 3 is 2.60 bits per heavy atom. The number of aromatic nitrogens is 4. The van der Waals surface area contributed by atoms with Gasteiger partial charge >= 0.3 is 0 Å². The minimum Gasteiger partial charge on any atom is -0.307 e. The second kappa shape index (κ2) is 7.59. The second-order valence-electron chi connectivity index (χ2n) is 5.42. The van der Waals surface area contributed by atoms with Crippen LogP contribution in [0.5, 0.6) is 0 Å². The Hall–Kier alpha value is -1.83. The molecular weight excluding hydrogens is 429 g/mol. The van der Waals surface area contributed by atoms with Gasteiger partial charge < -0.3 is 5.32 Å². The zero-order chi connectivity index (χ0) is 18.0. The van der Waals surface area contributed by atoms with Crippen LogP contribution in [0.25, 0.3) is 0 Å². The number of benzene rings is 1. The molecule has 2 aromatic heterocycles. The summed E-state index contributed by atoms with van der Waals surface area (Å²) in [5.74, 6) is 0.190. The second-order valence-corrected chi connectivity index (χ2v) is 7.09. The molecule has 1 amide bonds. The fraction of sp³-hybridized carbons (Fsp3) is 0.188. The summed E-state index contributed by atoms with van der Waals surface area (Å²) < 4.78 is 3.87. The summed E-state index contributed by atoms with van der Waals surface area (Å²) in [6, 6.07) is 7.55. The first-order chi connectivity index (χ1) is 11.9. The van der Waals surface area contributed by atoms with Gasteiger partial charge in [-0.25, -0.2) is 0 Å². The number of anilines is 1. The number of rotatable bonds is 5. The maximum Gasteiger partial charge on any atom is 0.247 e. The van der Waals surface area contributed by atoms with Crippen molar-refractivity contribution in [2.45, 2.75) is 20.0 Å². The third-order valence-corrected chi connectivity index (χ3v) is 4.78. The van der Waals surface area contributed by atoms with E-state index in [0.29, 0.717) is 32.6 Å². The molecule has 3 aromatic rings. The lowest BCUT2D eigenvalue weighted by Crippen LogP contribution is -2.19. The number of carbonyl (C=O) groups excluding carboxylic acids is 1. The fourth-order valence-corrected chi connectivity index (χ4v) is 3.02. The van der Waals surface area contributed by atoms with Crippen LogP contribution in [0.1, 0.15) is 11.3 Å². The van der Waals surface area contributed by atoms with Gasteiger partial charge in [-0.3, -0.25) is 14.2 Å². The maximum absolute atomic E-state index is 12.2. The van der Waals surface area contributed by atoms with Crippen LogP contribution >= 0.6 is 39.1 Å². The molecule has 130 valence electrons. The SMILES string of the molecule is Cc1nn(CC(=O)Nc2nn(Cc3ccccc3Cl)cc2Br)cc1Cl. The molecule has 0 aliphatic rings. The fourth-order valence-electron chi connectivity index (χ4n) is 2.26. The molecule has 0 saturated carbocycles. The lowest BCUT2D eigenvalue weighted by molar-refractivity contribution is -0.116. The lowest BCUT2D eigenvalue weighted by atomic mass is 10.2. The highest BCUT2D eigenvalue weighted by Gasteiger charge is 2.13. The van der Waals surface area contributed by atoms with Crippen LogP contribution in [-0.2, 0) is 17.9 Å². The first-order valence-electron chi connectivity index (χ1n) is 7.38. The Morgan fingerprint density at radius 1 is 1.16 bits per heavy atom. The molecule has 0 radical (unpaired) electrons. The lowest BCUT2D eigenvalue weighted by Gasteiger charge is -2.04. The summed E-state index contributed by atoms with van der Waals surface area (Å²) >= 11 is 15.5. The van der Waals surface area contributed by atoms with Crippen molar-refractivity contribution in [2.75, 3.05) is 5.32 Å². The normalized spacial score (nSPS) is 10.9. The molecule has 1 aromatic carbocycles. The predicted octanol–water partition coefficient (Wildman–Crippen LogP) is 4.14. The van der Waals surface area contributed by atoms with E-state index in [2.05, 4.69) is 31.4 Å². The highest BCUT2D eigenvalue weighted by atomic mass is 79.9. The van der Waals surface area contributed by atoms with Crippen LogP contribution in [0.2, 0.25) is 10.0 Å². The van der Waals surface area contributed by atoms with Gasteiger partial charge in [0.2, 0.25) is 5.91 Å². The number of hydrogen-bond acceptors (Lipinski definition) is 3. The number of nitrogens with one attached hydrogen (secondary N) is 1. The number of halogens is 3. The first kappa shape index (κ1) is 18.0. The average Bonchev–Trinajstić information content (AvgIpc) is 3.04. The smallest absolute Gasteiger partial charge is 0.247 e. The number of aryl methyl sites for hydroxylation is 1. The molecule has 0 aliphatic heterocycles. The van der Waals surface area contributed by atoms with E-state index >= 15 is 0 Å². The molecule has 25 heavy (non-hydrogen) atoms. The summed E-state index contributed by atoms with van der Waals surface area (Å²) in [5.41, 5.74) is 1.62. The number of hydrogen-bond donors (Lipinski definition) is 1. The molecule has 9 heteroatoms. The minimum absolute atomic E-state index is 0.0529. The maximum atomic E-state index is 12.2. The van der Waals surface area contributed by atoms with E-state index < -0.39 is 0 Å². The summed E-state index contributed by atoms with van der Waals surface area (Å²) in [5, 5.41) is 12.5. The van der Waals surface area contributed by atoms with Crippen molar-refractivity contribution in [3.8, 4) is 0 Å². The van der Waals surface area contributed by atoms with Gasteiger partial charge in [-0.2, -0.15) is 10.2 Å². The highest BCUT2D eigenvalue weighted by molar-refractivity contribution is 9.10.